The maximum absolute atomic E-state index is 17.5. The second-order valence-electron chi connectivity index (χ2n) is 14.2. The minimum absolute atomic E-state index is 0.0201. The van der Waals surface area contributed by atoms with Crippen LogP contribution in [-0.2, 0) is 12.0 Å². The summed E-state index contributed by atoms with van der Waals surface area (Å²) in [5.41, 5.74) is 3.65. The maximum atomic E-state index is 17.5. The Bertz CT molecular complexity index is 2240. The van der Waals surface area contributed by atoms with Gasteiger partial charge in [0.25, 0.3) is 0 Å². The molecule has 256 valence electrons. The first-order valence-electron chi connectivity index (χ1n) is 16.9. The maximum Gasteiger partial charge on any atom is 0.407 e. The molecule has 4 aliphatic rings. The molecule has 2 bridgehead atoms. The Morgan fingerprint density at radius 1 is 1.20 bits per heavy atom. The van der Waals surface area contributed by atoms with Crippen molar-refractivity contribution in [1.82, 2.24) is 24.8 Å². The Hall–Kier alpha value is -4.27. The number of carboxylic acid groups (broad SMARTS) is 1. The predicted molar refractivity (Wildman–Crippen MR) is 191 cm³/mol. The number of hydrogen-bond donors (Lipinski definition) is 3. The number of benzene rings is 2. The quantitative estimate of drug-likeness (QED) is 0.155. The molecule has 50 heavy (non-hydrogen) atoms. The van der Waals surface area contributed by atoms with Crippen molar-refractivity contribution < 1.29 is 19.4 Å². The molecule has 2 aromatic carbocycles. The summed E-state index contributed by atoms with van der Waals surface area (Å²) < 4.78 is 19.7. The summed E-state index contributed by atoms with van der Waals surface area (Å²) in [7, 11) is 0. The lowest BCUT2D eigenvalue weighted by molar-refractivity contribution is 0.0739. The highest BCUT2D eigenvalue weighted by Crippen LogP contribution is 2.54. The van der Waals surface area contributed by atoms with Gasteiger partial charge < -0.3 is 25.0 Å². The SMILES string of the molecule is CC(C)(O)c1ccc(-c2nc3c(F)c(-c4cccc(Cl)c4Cl)c(CCC#N)cc3c3c2cc([C@H]2CCCN2)n3[C@H]2[C@@H]3C[C@H]2N(C(=O)O)C3)cn1. The molecule has 3 aromatic heterocycles. The van der Waals surface area contributed by atoms with Crippen LogP contribution in [0.5, 0.6) is 0 Å². The molecule has 1 amide bonds. The van der Waals surface area contributed by atoms with Gasteiger partial charge in [-0.25, -0.2) is 14.2 Å². The number of rotatable bonds is 7. The molecule has 3 aliphatic heterocycles. The summed E-state index contributed by atoms with van der Waals surface area (Å²) in [6, 6.07) is 14.6. The van der Waals surface area contributed by atoms with E-state index in [0.29, 0.717) is 40.0 Å². The third-order valence-corrected chi connectivity index (χ3v) is 11.5. The summed E-state index contributed by atoms with van der Waals surface area (Å²) in [6.07, 6.45) is 3.81. The van der Waals surface area contributed by atoms with E-state index in [4.69, 9.17) is 28.2 Å². The molecule has 0 spiro atoms. The number of hydrogen-bond acceptors (Lipinski definition) is 6. The summed E-state index contributed by atoms with van der Waals surface area (Å²) in [4.78, 5) is 23.4. The second kappa shape index (κ2) is 12.2. The summed E-state index contributed by atoms with van der Waals surface area (Å²) >= 11 is 13.1. The molecule has 4 fully saturated rings. The topological polar surface area (TPSA) is 127 Å². The van der Waals surface area contributed by atoms with E-state index < -0.39 is 17.5 Å². The highest BCUT2D eigenvalue weighted by Gasteiger charge is 2.56. The van der Waals surface area contributed by atoms with E-state index in [1.807, 2.05) is 12.1 Å². The van der Waals surface area contributed by atoms with Crippen molar-refractivity contribution in [2.45, 2.75) is 69.7 Å². The number of amides is 1. The Labute approximate surface area is 298 Å². The third kappa shape index (κ3) is 5.13. The van der Waals surface area contributed by atoms with Gasteiger partial charge >= 0.3 is 6.09 Å². The van der Waals surface area contributed by atoms with Gasteiger partial charge in [-0.15, -0.1) is 0 Å². The summed E-state index contributed by atoms with van der Waals surface area (Å²) in [6.45, 7) is 4.63. The molecule has 1 saturated carbocycles. The van der Waals surface area contributed by atoms with Crippen LogP contribution in [0.2, 0.25) is 10.0 Å². The van der Waals surface area contributed by atoms with Crippen LogP contribution >= 0.6 is 23.2 Å². The highest BCUT2D eigenvalue weighted by molar-refractivity contribution is 6.43. The Morgan fingerprint density at radius 3 is 2.68 bits per heavy atom. The zero-order chi connectivity index (χ0) is 35.1. The number of nitrogens with one attached hydrogen (secondary N) is 1. The fourth-order valence-corrected chi connectivity index (χ4v) is 8.76. The van der Waals surface area contributed by atoms with Crippen molar-refractivity contribution in [3.8, 4) is 28.5 Å². The molecule has 0 radical (unpaired) electrons. The number of aliphatic hydroxyl groups is 1. The third-order valence-electron chi connectivity index (χ3n) is 10.7. The fourth-order valence-electron chi connectivity index (χ4n) is 8.37. The first kappa shape index (κ1) is 32.9. The van der Waals surface area contributed by atoms with E-state index in [-0.39, 0.29) is 58.0 Å². The van der Waals surface area contributed by atoms with Crippen LogP contribution in [0.15, 0.2) is 48.7 Å². The zero-order valence-electron chi connectivity index (χ0n) is 27.6. The molecule has 1 aliphatic carbocycles. The van der Waals surface area contributed by atoms with Crippen LogP contribution in [0.25, 0.3) is 44.2 Å². The van der Waals surface area contributed by atoms with Gasteiger partial charge in [-0.1, -0.05) is 35.3 Å². The van der Waals surface area contributed by atoms with Crippen LogP contribution in [0, 0.1) is 23.1 Å². The lowest BCUT2D eigenvalue weighted by Gasteiger charge is -2.39. The lowest BCUT2D eigenvalue weighted by atomic mass is 9.79. The molecule has 4 atom stereocenters. The van der Waals surface area contributed by atoms with Crippen molar-refractivity contribution in [2.24, 2.45) is 5.92 Å². The number of aryl methyl sites for hydroxylation is 1. The van der Waals surface area contributed by atoms with Gasteiger partial charge in [-0.05, 0) is 82.0 Å². The standard InChI is InChI=1S/C38H35Cl2FN6O3/c1-38(2,50)29-11-10-20(17-44-29)33-24-16-27(26-9-5-13-43-26)47(35-21-15-28(35)46(18-21)37(48)49)36(24)23-14-19(6-4-12-42)30(32(41)34(23)45-33)22-7-3-8-25(39)31(22)40/h3,7-8,10-11,14,16-17,21,26,28,35,43,50H,4-6,9,13,15,18H2,1-2H3,(H,48,49)/t21-,26-,28-,35+/m1/s1. The average molecular weight is 714 g/mol. The number of nitriles is 1. The molecular weight excluding hydrogens is 678 g/mol. The number of pyridine rings is 2. The molecule has 3 saturated heterocycles. The number of nitrogens with zero attached hydrogens (tertiary/aromatic N) is 5. The number of halogens is 3. The number of carbonyl (C=O) groups is 1. The van der Waals surface area contributed by atoms with Gasteiger partial charge in [0, 0.05) is 64.3 Å². The summed E-state index contributed by atoms with van der Waals surface area (Å²) in [5, 5.41) is 35.8. The minimum atomic E-state index is -1.16. The van der Waals surface area contributed by atoms with E-state index in [2.05, 4.69) is 27.0 Å². The number of fused-ring (bicyclic) bond motifs is 4. The first-order chi connectivity index (χ1) is 24.0. The Morgan fingerprint density at radius 2 is 2.02 bits per heavy atom. The molecule has 5 aromatic rings. The van der Waals surface area contributed by atoms with E-state index in [0.717, 1.165) is 42.4 Å². The normalized spacial score (nSPS) is 21.6. The Balaban J connectivity index is 1.48. The van der Waals surface area contributed by atoms with Crippen LogP contribution in [0.1, 0.15) is 68.6 Å². The molecule has 0 unspecified atom stereocenters. The van der Waals surface area contributed by atoms with Gasteiger partial charge in [0.15, 0.2) is 5.82 Å². The van der Waals surface area contributed by atoms with Crippen LogP contribution in [0.4, 0.5) is 9.18 Å². The van der Waals surface area contributed by atoms with Crippen LogP contribution < -0.4 is 5.32 Å². The molecule has 6 heterocycles. The second-order valence-corrected chi connectivity index (χ2v) is 15.0. The monoisotopic (exact) mass is 712 g/mol. The molecule has 12 heteroatoms. The number of aromatic nitrogens is 3. The molecular formula is C38H35Cl2FN6O3. The summed E-state index contributed by atoms with van der Waals surface area (Å²) in [5.74, 6) is -0.473. The Kier molecular flexibility index (Phi) is 8.03. The minimum Gasteiger partial charge on any atom is -0.465 e. The average Bonchev–Trinajstić information content (AvgIpc) is 3.89. The molecule has 3 N–H and O–H groups in total. The van der Waals surface area contributed by atoms with Crippen molar-refractivity contribution >= 4 is 51.1 Å². The van der Waals surface area contributed by atoms with E-state index >= 15 is 4.39 Å². The van der Waals surface area contributed by atoms with Crippen LogP contribution in [-0.4, -0.2) is 54.9 Å². The van der Waals surface area contributed by atoms with Gasteiger partial charge in [-0.3, -0.25) is 4.98 Å². The van der Waals surface area contributed by atoms with Crippen molar-refractivity contribution in [1.29, 1.82) is 5.26 Å². The van der Waals surface area contributed by atoms with Crippen molar-refractivity contribution in [3.05, 3.63) is 81.5 Å². The van der Waals surface area contributed by atoms with E-state index in [9.17, 15) is 20.3 Å². The largest absolute Gasteiger partial charge is 0.465 e. The fraction of sp³-hybridized carbons (Fsp3) is 0.368. The zero-order valence-corrected chi connectivity index (χ0v) is 29.1. The van der Waals surface area contributed by atoms with E-state index in [1.165, 1.54) is 4.90 Å². The van der Waals surface area contributed by atoms with Gasteiger partial charge in [0.05, 0.1) is 45.1 Å². The lowest BCUT2D eigenvalue weighted by Crippen LogP contribution is -2.43. The van der Waals surface area contributed by atoms with Crippen molar-refractivity contribution in [2.75, 3.05) is 13.1 Å². The highest BCUT2D eigenvalue weighted by atomic mass is 35.5. The first-order valence-corrected chi connectivity index (χ1v) is 17.7. The van der Waals surface area contributed by atoms with Gasteiger partial charge in [0.1, 0.15) is 11.1 Å². The molecule has 9 nitrogen and oxygen atoms in total. The molecule has 9 rings (SSSR count). The predicted octanol–water partition coefficient (Wildman–Crippen LogP) is 8.40. The van der Waals surface area contributed by atoms with Gasteiger partial charge in [-0.2, -0.15) is 5.26 Å². The van der Waals surface area contributed by atoms with Crippen molar-refractivity contribution in [3.63, 3.8) is 0 Å². The van der Waals surface area contributed by atoms with Gasteiger partial charge in [0.2, 0.25) is 0 Å². The van der Waals surface area contributed by atoms with Crippen LogP contribution in [0.3, 0.4) is 0 Å². The van der Waals surface area contributed by atoms with E-state index in [1.54, 1.807) is 44.3 Å². The smallest absolute Gasteiger partial charge is 0.407 e.